The number of nitrogens with zero attached hydrogens (tertiary/aromatic N) is 2. The third kappa shape index (κ3) is 2.75. The minimum Gasteiger partial charge on any atom is -0.352 e. The number of hydrogen-bond acceptors (Lipinski definition) is 4. The molecule has 4 nitrogen and oxygen atoms in total. The van der Waals surface area contributed by atoms with Crippen LogP contribution in [-0.2, 0) is 17.6 Å². The number of rotatable bonds is 4. The van der Waals surface area contributed by atoms with E-state index in [0.717, 1.165) is 35.5 Å². The van der Waals surface area contributed by atoms with Crippen LogP contribution < -0.4 is 5.32 Å². The van der Waals surface area contributed by atoms with Gasteiger partial charge in [-0.05, 0) is 62.8 Å². The Kier molecular flexibility index (Phi) is 3.84. The SMILES string of the molecule is Cc1nc(SCC(=O)NC2CC3CCC2C3)nc2c1CCC2. The number of carbonyl (C=O) groups is 1. The largest absolute Gasteiger partial charge is 0.352 e. The number of carbonyl (C=O) groups excluding carboxylic acids is 1. The standard InChI is InChI=1S/C17H23N3OS/c1-10-13-3-2-4-14(13)20-17(18-10)22-9-16(21)19-15-8-11-5-6-12(15)7-11/h11-12,15H,2-9H2,1H3,(H,19,21). The van der Waals surface area contributed by atoms with Crippen molar-refractivity contribution < 1.29 is 4.79 Å². The van der Waals surface area contributed by atoms with Gasteiger partial charge in [0.1, 0.15) is 0 Å². The molecule has 1 N–H and O–H groups in total. The summed E-state index contributed by atoms with van der Waals surface area (Å²) in [6.45, 7) is 2.06. The summed E-state index contributed by atoms with van der Waals surface area (Å²) in [5.74, 6) is 2.18. The van der Waals surface area contributed by atoms with Crippen LogP contribution in [0.15, 0.2) is 5.16 Å². The van der Waals surface area contributed by atoms with Crippen molar-refractivity contribution in [2.45, 2.75) is 63.1 Å². The fraction of sp³-hybridized carbons (Fsp3) is 0.706. The van der Waals surface area contributed by atoms with E-state index in [9.17, 15) is 4.79 Å². The number of aryl methyl sites for hydroxylation is 2. The Bertz CT molecular complexity index is 604. The highest BCUT2D eigenvalue weighted by atomic mass is 32.2. The number of hydrogen-bond donors (Lipinski definition) is 1. The van der Waals surface area contributed by atoms with Crippen molar-refractivity contribution in [1.82, 2.24) is 15.3 Å². The van der Waals surface area contributed by atoms with Gasteiger partial charge in [0.15, 0.2) is 5.16 Å². The molecule has 1 aromatic heterocycles. The summed E-state index contributed by atoms with van der Waals surface area (Å²) in [5, 5.41) is 4.00. The lowest BCUT2D eigenvalue weighted by molar-refractivity contribution is -0.119. The quantitative estimate of drug-likeness (QED) is 0.685. The maximum atomic E-state index is 12.2. The molecule has 0 saturated heterocycles. The molecule has 3 unspecified atom stereocenters. The number of aromatic nitrogens is 2. The predicted molar refractivity (Wildman–Crippen MR) is 86.9 cm³/mol. The molecular weight excluding hydrogens is 294 g/mol. The van der Waals surface area contributed by atoms with Gasteiger partial charge >= 0.3 is 0 Å². The summed E-state index contributed by atoms with van der Waals surface area (Å²) in [6.07, 6.45) is 8.54. The number of thioether (sulfide) groups is 1. The van der Waals surface area contributed by atoms with Crippen LogP contribution >= 0.6 is 11.8 Å². The van der Waals surface area contributed by atoms with Crippen LogP contribution in [0.1, 0.15) is 49.1 Å². The lowest BCUT2D eigenvalue weighted by Crippen LogP contribution is -2.39. The van der Waals surface area contributed by atoms with Gasteiger partial charge < -0.3 is 5.32 Å². The smallest absolute Gasteiger partial charge is 0.230 e. The number of nitrogens with one attached hydrogen (secondary N) is 1. The first-order valence-corrected chi connectivity index (χ1v) is 9.46. The molecule has 2 bridgehead atoms. The zero-order valence-electron chi connectivity index (χ0n) is 13.1. The Morgan fingerprint density at radius 1 is 1.27 bits per heavy atom. The Balaban J connectivity index is 1.33. The molecule has 0 aromatic carbocycles. The van der Waals surface area contributed by atoms with Gasteiger partial charge in [0.25, 0.3) is 0 Å². The molecule has 0 spiro atoms. The molecule has 118 valence electrons. The molecule has 1 heterocycles. The van der Waals surface area contributed by atoms with Crippen molar-refractivity contribution in [2.75, 3.05) is 5.75 Å². The van der Waals surface area contributed by atoms with E-state index in [1.165, 1.54) is 55.1 Å². The fourth-order valence-electron chi connectivity index (χ4n) is 4.46. The zero-order valence-corrected chi connectivity index (χ0v) is 13.9. The topological polar surface area (TPSA) is 54.9 Å². The van der Waals surface area contributed by atoms with Crippen LogP contribution in [-0.4, -0.2) is 27.7 Å². The number of amides is 1. The Hall–Kier alpha value is -1.10. The van der Waals surface area contributed by atoms with E-state index in [-0.39, 0.29) is 5.91 Å². The molecule has 0 aliphatic heterocycles. The average molecular weight is 317 g/mol. The van der Waals surface area contributed by atoms with Gasteiger partial charge in [0.2, 0.25) is 5.91 Å². The zero-order chi connectivity index (χ0) is 15.1. The van der Waals surface area contributed by atoms with Gasteiger partial charge in [0.05, 0.1) is 5.75 Å². The molecule has 5 heteroatoms. The van der Waals surface area contributed by atoms with E-state index in [4.69, 9.17) is 0 Å². The van der Waals surface area contributed by atoms with E-state index in [1.807, 2.05) is 0 Å². The summed E-state index contributed by atoms with van der Waals surface area (Å²) in [5.41, 5.74) is 3.62. The lowest BCUT2D eigenvalue weighted by atomic mass is 9.95. The summed E-state index contributed by atoms with van der Waals surface area (Å²) < 4.78 is 0. The molecule has 3 atom stereocenters. The molecule has 22 heavy (non-hydrogen) atoms. The van der Waals surface area contributed by atoms with Crippen LogP contribution in [0.4, 0.5) is 0 Å². The van der Waals surface area contributed by atoms with Gasteiger partial charge in [-0.2, -0.15) is 0 Å². The summed E-state index contributed by atoms with van der Waals surface area (Å²) in [4.78, 5) is 21.4. The predicted octanol–water partition coefficient (Wildman–Crippen LogP) is 2.67. The summed E-state index contributed by atoms with van der Waals surface area (Å²) in [6, 6.07) is 0.425. The Morgan fingerprint density at radius 2 is 2.18 bits per heavy atom. The lowest BCUT2D eigenvalue weighted by Gasteiger charge is -2.22. The van der Waals surface area contributed by atoms with E-state index in [2.05, 4.69) is 22.2 Å². The molecule has 3 aliphatic carbocycles. The van der Waals surface area contributed by atoms with Gasteiger partial charge in [-0.15, -0.1) is 0 Å². The highest BCUT2D eigenvalue weighted by Crippen LogP contribution is 2.44. The molecular formula is C17H23N3OS. The third-order valence-corrected chi connectivity index (χ3v) is 6.38. The highest BCUT2D eigenvalue weighted by Gasteiger charge is 2.40. The van der Waals surface area contributed by atoms with Crippen LogP contribution in [0.5, 0.6) is 0 Å². The van der Waals surface area contributed by atoms with E-state index in [0.29, 0.717) is 11.8 Å². The summed E-state index contributed by atoms with van der Waals surface area (Å²) in [7, 11) is 0. The number of fused-ring (bicyclic) bond motifs is 3. The fourth-order valence-corrected chi connectivity index (χ4v) is 5.18. The molecule has 1 amide bonds. The van der Waals surface area contributed by atoms with E-state index >= 15 is 0 Å². The first-order valence-electron chi connectivity index (χ1n) is 8.47. The second-order valence-corrected chi connectivity index (χ2v) is 7.95. The van der Waals surface area contributed by atoms with Crippen LogP contribution in [0.2, 0.25) is 0 Å². The minimum absolute atomic E-state index is 0.143. The van der Waals surface area contributed by atoms with E-state index < -0.39 is 0 Å². The van der Waals surface area contributed by atoms with Crippen LogP contribution in [0.3, 0.4) is 0 Å². The minimum atomic E-state index is 0.143. The molecule has 3 aliphatic rings. The first kappa shape index (κ1) is 14.5. The van der Waals surface area contributed by atoms with Crippen molar-refractivity contribution >= 4 is 17.7 Å². The molecule has 2 fully saturated rings. The second-order valence-electron chi connectivity index (χ2n) is 7.01. The second kappa shape index (κ2) is 5.84. The molecule has 1 aromatic rings. The third-order valence-electron chi connectivity index (χ3n) is 5.54. The van der Waals surface area contributed by atoms with Gasteiger partial charge in [0, 0.05) is 17.4 Å². The monoisotopic (exact) mass is 317 g/mol. The highest BCUT2D eigenvalue weighted by molar-refractivity contribution is 7.99. The van der Waals surface area contributed by atoms with Crippen molar-refractivity contribution in [2.24, 2.45) is 11.8 Å². The molecule has 2 saturated carbocycles. The van der Waals surface area contributed by atoms with Gasteiger partial charge in [-0.25, -0.2) is 9.97 Å². The van der Waals surface area contributed by atoms with E-state index in [1.54, 1.807) is 0 Å². The van der Waals surface area contributed by atoms with Crippen molar-refractivity contribution in [3.05, 3.63) is 17.0 Å². The molecule has 4 rings (SSSR count). The Morgan fingerprint density at radius 3 is 2.95 bits per heavy atom. The van der Waals surface area contributed by atoms with Crippen LogP contribution in [0.25, 0.3) is 0 Å². The van der Waals surface area contributed by atoms with Gasteiger partial charge in [-0.3, -0.25) is 4.79 Å². The van der Waals surface area contributed by atoms with Gasteiger partial charge in [-0.1, -0.05) is 18.2 Å². The first-order chi connectivity index (χ1) is 10.7. The Labute approximate surface area is 135 Å². The summed E-state index contributed by atoms with van der Waals surface area (Å²) >= 11 is 1.48. The van der Waals surface area contributed by atoms with Crippen molar-refractivity contribution in [3.63, 3.8) is 0 Å². The van der Waals surface area contributed by atoms with Crippen molar-refractivity contribution in [1.29, 1.82) is 0 Å². The molecule has 0 radical (unpaired) electrons. The normalized spacial score (nSPS) is 28.9. The maximum absolute atomic E-state index is 12.2. The average Bonchev–Trinajstić information content (AvgIpc) is 3.20. The maximum Gasteiger partial charge on any atom is 0.230 e. The van der Waals surface area contributed by atoms with Crippen LogP contribution in [0, 0.1) is 18.8 Å². The van der Waals surface area contributed by atoms with Crippen molar-refractivity contribution in [3.8, 4) is 0 Å².